The molecule has 12 heteroatoms. The number of hydrogen-bond acceptors (Lipinski definition) is 6. The number of amides is 2. The summed E-state index contributed by atoms with van der Waals surface area (Å²) in [5.74, 6) is -2.04. The molecule has 4 aromatic rings. The van der Waals surface area contributed by atoms with Crippen LogP contribution in [0.25, 0.3) is 11.0 Å². The highest BCUT2D eigenvalue weighted by molar-refractivity contribution is 5.95. The summed E-state index contributed by atoms with van der Waals surface area (Å²) in [6.07, 6.45) is -6.23. The van der Waals surface area contributed by atoms with Crippen molar-refractivity contribution in [3.8, 4) is 0 Å². The molecular formula is C29H25F3N4O5. The number of hydrogen-bond donors (Lipinski definition) is 2. The number of primary amides is 1. The van der Waals surface area contributed by atoms with Gasteiger partial charge in [0, 0.05) is 17.7 Å². The molecule has 0 bridgehead atoms. The maximum absolute atomic E-state index is 14.0. The molecule has 9 nitrogen and oxygen atoms in total. The minimum absolute atomic E-state index is 0.0472. The fraction of sp³-hybridized carbons (Fsp3) is 0.207. The number of benzene rings is 3. The number of halogens is 3. The number of rotatable bonds is 11. The average Bonchev–Trinajstić information content (AvgIpc) is 2.96. The van der Waals surface area contributed by atoms with Crippen molar-refractivity contribution in [1.82, 2.24) is 9.55 Å². The maximum atomic E-state index is 14.0. The van der Waals surface area contributed by atoms with E-state index in [1.807, 2.05) is 6.07 Å². The van der Waals surface area contributed by atoms with E-state index in [0.29, 0.717) is 11.2 Å². The van der Waals surface area contributed by atoms with Crippen LogP contribution in [0, 0.1) is 0 Å². The van der Waals surface area contributed by atoms with Gasteiger partial charge >= 0.3 is 5.97 Å². The lowest BCUT2D eigenvalue weighted by atomic mass is 10.1. The minimum Gasteiger partial charge on any atom is -0.456 e. The van der Waals surface area contributed by atoms with E-state index in [-0.39, 0.29) is 41.7 Å². The Bertz CT molecular complexity index is 1630. The average molecular weight is 567 g/mol. The number of carbonyl (C=O) groups excluding carboxylic acids is 3. The summed E-state index contributed by atoms with van der Waals surface area (Å²) >= 11 is 0. The lowest BCUT2D eigenvalue weighted by Crippen LogP contribution is -2.27. The number of fused-ring (bicyclic) bond motifs is 1. The topological polar surface area (TPSA) is 133 Å². The second-order valence-corrected chi connectivity index (χ2v) is 9.07. The zero-order valence-corrected chi connectivity index (χ0v) is 21.6. The monoisotopic (exact) mass is 566 g/mol. The second-order valence-electron chi connectivity index (χ2n) is 9.07. The van der Waals surface area contributed by atoms with Crippen LogP contribution in [-0.2, 0) is 27.3 Å². The van der Waals surface area contributed by atoms with Crippen LogP contribution >= 0.6 is 0 Å². The van der Waals surface area contributed by atoms with E-state index in [0.717, 1.165) is 11.6 Å². The first-order valence-electron chi connectivity index (χ1n) is 12.5. The fourth-order valence-corrected chi connectivity index (χ4v) is 4.07. The van der Waals surface area contributed by atoms with Gasteiger partial charge in [-0.2, -0.15) is 0 Å². The Labute approximate surface area is 231 Å². The van der Waals surface area contributed by atoms with Crippen LogP contribution in [0.15, 0.2) is 77.6 Å². The lowest BCUT2D eigenvalue weighted by Gasteiger charge is -2.14. The van der Waals surface area contributed by atoms with Crippen molar-refractivity contribution in [3.05, 3.63) is 106 Å². The van der Waals surface area contributed by atoms with E-state index < -0.39 is 42.5 Å². The largest absolute Gasteiger partial charge is 0.456 e. The Morgan fingerprint density at radius 2 is 1.68 bits per heavy atom. The van der Waals surface area contributed by atoms with Gasteiger partial charge < -0.3 is 20.4 Å². The smallest absolute Gasteiger partial charge is 0.306 e. The SMILES string of the molecule is NC(=O)c1ccc(NC(=O)COC(=O)CCc2nc3cc(C(F)C(F)F)ccc3n(Cc3ccccc3)c2=O)cc1. The third-order valence-electron chi connectivity index (χ3n) is 6.14. The molecule has 3 aromatic carbocycles. The number of ether oxygens (including phenoxy) is 1. The maximum Gasteiger partial charge on any atom is 0.306 e. The Morgan fingerprint density at radius 1 is 0.976 bits per heavy atom. The van der Waals surface area contributed by atoms with Crippen LogP contribution in [0.3, 0.4) is 0 Å². The van der Waals surface area contributed by atoms with Gasteiger partial charge in [-0.3, -0.25) is 19.2 Å². The summed E-state index contributed by atoms with van der Waals surface area (Å²) in [6, 6.07) is 18.5. The van der Waals surface area contributed by atoms with E-state index in [4.69, 9.17) is 10.5 Å². The molecule has 1 atom stereocenters. The van der Waals surface area contributed by atoms with Gasteiger partial charge in [-0.15, -0.1) is 0 Å². The first-order valence-corrected chi connectivity index (χ1v) is 12.5. The molecular weight excluding hydrogens is 541 g/mol. The molecule has 0 aliphatic heterocycles. The normalized spacial score (nSPS) is 11.8. The number of carbonyl (C=O) groups is 3. The number of aryl methyl sites for hydroxylation is 1. The van der Waals surface area contributed by atoms with Gasteiger partial charge in [0.1, 0.15) is 5.69 Å². The van der Waals surface area contributed by atoms with Gasteiger partial charge in [-0.05, 0) is 47.5 Å². The molecule has 1 unspecified atom stereocenters. The number of esters is 1. The van der Waals surface area contributed by atoms with E-state index >= 15 is 0 Å². The fourth-order valence-electron chi connectivity index (χ4n) is 4.07. The van der Waals surface area contributed by atoms with Crippen LogP contribution in [0.1, 0.15) is 39.8 Å². The highest BCUT2D eigenvalue weighted by Crippen LogP contribution is 2.27. The molecule has 0 aliphatic carbocycles. The third kappa shape index (κ3) is 7.35. The first kappa shape index (κ1) is 29.0. The van der Waals surface area contributed by atoms with Crippen molar-refractivity contribution in [1.29, 1.82) is 0 Å². The van der Waals surface area contributed by atoms with Crippen LogP contribution in [-0.4, -0.2) is 40.4 Å². The molecule has 0 aliphatic rings. The molecule has 4 rings (SSSR count). The molecule has 0 fully saturated rings. The van der Waals surface area contributed by atoms with Gasteiger partial charge in [0.05, 0.1) is 24.0 Å². The number of nitrogens with one attached hydrogen (secondary N) is 1. The van der Waals surface area contributed by atoms with Crippen molar-refractivity contribution in [3.63, 3.8) is 0 Å². The Morgan fingerprint density at radius 3 is 2.34 bits per heavy atom. The molecule has 0 radical (unpaired) electrons. The van der Waals surface area contributed by atoms with Gasteiger partial charge in [-0.25, -0.2) is 18.2 Å². The summed E-state index contributed by atoms with van der Waals surface area (Å²) in [7, 11) is 0. The first-order chi connectivity index (χ1) is 19.6. The number of nitrogens with zero attached hydrogens (tertiary/aromatic N) is 2. The Hall–Kier alpha value is -5.00. The zero-order valence-electron chi connectivity index (χ0n) is 21.6. The predicted octanol–water partition coefficient (Wildman–Crippen LogP) is 3.93. The van der Waals surface area contributed by atoms with Crippen molar-refractivity contribution in [2.24, 2.45) is 5.73 Å². The number of anilines is 1. The van der Waals surface area contributed by atoms with E-state index in [1.54, 1.807) is 24.3 Å². The highest BCUT2D eigenvalue weighted by atomic mass is 19.3. The number of nitrogens with two attached hydrogens (primary N) is 1. The molecule has 2 amide bonds. The number of aromatic nitrogens is 2. The molecule has 0 saturated heterocycles. The predicted molar refractivity (Wildman–Crippen MR) is 144 cm³/mol. The van der Waals surface area contributed by atoms with Crippen molar-refractivity contribution < 1.29 is 32.3 Å². The van der Waals surface area contributed by atoms with Crippen LogP contribution in [0.2, 0.25) is 0 Å². The van der Waals surface area contributed by atoms with Gasteiger partial charge in [0.15, 0.2) is 12.8 Å². The highest BCUT2D eigenvalue weighted by Gasteiger charge is 2.23. The van der Waals surface area contributed by atoms with E-state index in [1.165, 1.54) is 41.0 Å². The van der Waals surface area contributed by atoms with Gasteiger partial charge in [0.2, 0.25) is 5.91 Å². The van der Waals surface area contributed by atoms with Gasteiger partial charge in [0.25, 0.3) is 17.9 Å². The Kier molecular flexibility index (Phi) is 9.12. The van der Waals surface area contributed by atoms with Crippen molar-refractivity contribution in [2.45, 2.75) is 32.0 Å². The summed E-state index contributed by atoms with van der Waals surface area (Å²) in [4.78, 5) is 53.2. The van der Waals surface area contributed by atoms with Crippen LogP contribution < -0.4 is 16.6 Å². The Balaban J connectivity index is 1.48. The van der Waals surface area contributed by atoms with Crippen molar-refractivity contribution in [2.75, 3.05) is 11.9 Å². The van der Waals surface area contributed by atoms with E-state index in [2.05, 4.69) is 10.3 Å². The summed E-state index contributed by atoms with van der Waals surface area (Å²) in [5, 5.41) is 2.50. The van der Waals surface area contributed by atoms with Crippen LogP contribution in [0.4, 0.5) is 18.9 Å². The second kappa shape index (κ2) is 12.9. The molecule has 1 aromatic heterocycles. The molecule has 41 heavy (non-hydrogen) atoms. The summed E-state index contributed by atoms with van der Waals surface area (Å²) in [6.45, 7) is -0.474. The summed E-state index contributed by atoms with van der Waals surface area (Å²) in [5.41, 5.74) is 6.16. The minimum atomic E-state index is -3.23. The number of alkyl halides is 3. The molecule has 212 valence electrons. The standard InChI is InChI=1S/C29H25F3N4O5/c30-26(27(31)32)19-8-12-23-22(14-19)35-21(29(40)36(23)15-17-4-2-1-3-5-17)11-13-25(38)41-16-24(37)34-20-9-6-18(7-10-20)28(33)39/h1-10,12,14,26-27H,11,13,15-16H2,(H2,33,39)(H,34,37). The summed E-state index contributed by atoms with van der Waals surface area (Å²) < 4.78 is 46.4. The van der Waals surface area contributed by atoms with Crippen molar-refractivity contribution >= 4 is 34.5 Å². The quantitative estimate of drug-likeness (QED) is 0.264. The third-order valence-corrected chi connectivity index (χ3v) is 6.14. The van der Waals surface area contributed by atoms with Gasteiger partial charge in [-0.1, -0.05) is 36.4 Å². The molecule has 1 heterocycles. The van der Waals surface area contributed by atoms with E-state index in [9.17, 15) is 32.3 Å². The molecule has 0 saturated carbocycles. The molecule has 3 N–H and O–H groups in total. The van der Waals surface area contributed by atoms with Crippen LogP contribution in [0.5, 0.6) is 0 Å². The zero-order chi connectivity index (χ0) is 29.5. The lowest BCUT2D eigenvalue weighted by molar-refractivity contribution is -0.147. The molecule has 0 spiro atoms.